The van der Waals surface area contributed by atoms with E-state index in [1.807, 2.05) is 13.8 Å². The third kappa shape index (κ3) is 9.27. The Morgan fingerprint density at radius 1 is 1.33 bits per heavy atom. The quantitative estimate of drug-likeness (QED) is 0.699. The second-order valence-corrected chi connectivity index (χ2v) is 4.60. The van der Waals surface area contributed by atoms with Crippen LogP contribution in [0.15, 0.2) is 0 Å². The summed E-state index contributed by atoms with van der Waals surface area (Å²) in [5.41, 5.74) is 0. The summed E-state index contributed by atoms with van der Waals surface area (Å²) in [4.78, 5) is 11.5. The molecule has 0 bridgehead atoms. The highest BCUT2D eigenvalue weighted by atomic mass is 19.4. The minimum atomic E-state index is -4.35. The molecule has 0 rings (SSSR count). The van der Waals surface area contributed by atoms with Gasteiger partial charge in [-0.25, -0.2) is 0 Å². The van der Waals surface area contributed by atoms with Crippen molar-refractivity contribution in [3.8, 4) is 0 Å². The predicted molar refractivity (Wildman–Crippen MR) is 63.4 cm³/mol. The van der Waals surface area contributed by atoms with Crippen molar-refractivity contribution in [2.75, 3.05) is 19.6 Å². The van der Waals surface area contributed by atoms with Gasteiger partial charge < -0.3 is 5.11 Å². The number of carbonyl (C=O) groups is 1. The minimum absolute atomic E-state index is 0.131. The van der Waals surface area contributed by atoms with Gasteiger partial charge in [0.1, 0.15) is 0 Å². The van der Waals surface area contributed by atoms with Gasteiger partial charge in [0.25, 0.3) is 0 Å². The standard InChI is InChI=1S/C12H22F3NO2/c1-3-5-6-10(4-2)7-16(8-11(17)18)9-12(13,14)15/h10H,3-9H2,1-2H3,(H,17,18). The molecule has 0 heterocycles. The molecule has 0 amide bonds. The largest absolute Gasteiger partial charge is 0.480 e. The summed E-state index contributed by atoms with van der Waals surface area (Å²) in [6.45, 7) is 2.44. The Morgan fingerprint density at radius 3 is 2.33 bits per heavy atom. The summed E-state index contributed by atoms with van der Waals surface area (Å²) >= 11 is 0. The van der Waals surface area contributed by atoms with Crippen LogP contribution in [-0.2, 0) is 4.79 Å². The zero-order valence-corrected chi connectivity index (χ0v) is 11.0. The molecule has 0 aliphatic carbocycles. The fraction of sp³-hybridized carbons (Fsp3) is 0.917. The van der Waals surface area contributed by atoms with Crippen molar-refractivity contribution in [1.29, 1.82) is 0 Å². The van der Waals surface area contributed by atoms with Crippen LogP contribution in [0, 0.1) is 5.92 Å². The Morgan fingerprint density at radius 2 is 1.94 bits per heavy atom. The second-order valence-electron chi connectivity index (χ2n) is 4.60. The van der Waals surface area contributed by atoms with Crippen LogP contribution in [-0.4, -0.2) is 41.8 Å². The van der Waals surface area contributed by atoms with Crippen molar-refractivity contribution in [3.05, 3.63) is 0 Å². The van der Waals surface area contributed by atoms with Gasteiger partial charge in [-0.15, -0.1) is 0 Å². The summed E-state index contributed by atoms with van der Waals surface area (Å²) in [6, 6.07) is 0. The van der Waals surface area contributed by atoms with Crippen LogP contribution in [0.2, 0.25) is 0 Å². The molecule has 0 radical (unpaired) electrons. The van der Waals surface area contributed by atoms with E-state index in [0.717, 1.165) is 30.6 Å². The number of rotatable bonds is 9. The zero-order chi connectivity index (χ0) is 14.2. The number of hydrogen-bond donors (Lipinski definition) is 1. The molecule has 1 unspecified atom stereocenters. The molecule has 0 saturated carbocycles. The van der Waals surface area contributed by atoms with Crippen molar-refractivity contribution in [2.24, 2.45) is 5.92 Å². The lowest BCUT2D eigenvalue weighted by Crippen LogP contribution is -2.40. The molecule has 0 spiro atoms. The van der Waals surface area contributed by atoms with Gasteiger partial charge in [0.05, 0.1) is 13.1 Å². The summed E-state index contributed by atoms with van der Waals surface area (Å²) in [5, 5.41) is 8.63. The number of alkyl halides is 3. The molecule has 1 N–H and O–H groups in total. The van der Waals surface area contributed by atoms with E-state index in [4.69, 9.17) is 5.11 Å². The Bertz CT molecular complexity index is 244. The van der Waals surface area contributed by atoms with E-state index in [9.17, 15) is 18.0 Å². The van der Waals surface area contributed by atoms with Crippen molar-refractivity contribution in [2.45, 2.75) is 45.7 Å². The summed E-state index contributed by atoms with van der Waals surface area (Å²) < 4.78 is 37.0. The highest BCUT2D eigenvalue weighted by Crippen LogP contribution is 2.20. The van der Waals surface area contributed by atoms with E-state index in [1.54, 1.807) is 0 Å². The Kier molecular flexibility index (Phi) is 7.98. The van der Waals surface area contributed by atoms with E-state index >= 15 is 0 Å². The number of carboxylic acid groups (broad SMARTS) is 1. The summed E-state index contributed by atoms with van der Waals surface area (Å²) in [6.07, 6.45) is -0.770. The molecular weight excluding hydrogens is 247 g/mol. The maximum atomic E-state index is 12.3. The minimum Gasteiger partial charge on any atom is -0.480 e. The SMILES string of the molecule is CCCCC(CC)CN(CC(=O)O)CC(F)(F)F. The molecule has 6 heteroatoms. The van der Waals surface area contributed by atoms with Crippen LogP contribution in [0.5, 0.6) is 0 Å². The van der Waals surface area contributed by atoms with Gasteiger partial charge in [-0.05, 0) is 12.3 Å². The molecule has 0 saturated heterocycles. The lowest BCUT2D eigenvalue weighted by molar-refractivity contribution is -0.155. The first-order valence-corrected chi connectivity index (χ1v) is 6.29. The van der Waals surface area contributed by atoms with Crippen LogP contribution >= 0.6 is 0 Å². The second kappa shape index (κ2) is 8.34. The first-order valence-electron chi connectivity index (χ1n) is 6.29. The van der Waals surface area contributed by atoms with Crippen LogP contribution in [0.4, 0.5) is 13.2 Å². The Labute approximate surface area is 106 Å². The molecule has 0 aromatic rings. The molecule has 1 atom stereocenters. The molecule has 0 fully saturated rings. The molecule has 18 heavy (non-hydrogen) atoms. The average Bonchev–Trinajstić information content (AvgIpc) is 2.20. The highest BCUT2D eigenvalue weighted by molar-refractivity contribution is 5.69. The molecular formula is C12H22F3NO2. The lowest BCUT2D eigenvalue weighted by Gasteiger charge is -2.26. The smallest absolute Gasteiger partial charge is 0.401 e. The number of hydrogen-bond acceptors (Lipinski definition) is 2. The molecule has 0 aliphatic heterocycles. The van der Waals surface area contributed by atoms with Crippen LogP contribution in [0.1, 0.15) is 39.5 Å². The number of halogens is 3. The fourth-order valence-corrected chi connectivity index (χ4v) is 1.91. The van der Waals surface area contributed by atoms with E-state index < -0.39 is 25.2 Å². The Hall–Kier alpha value is -0.780. The van der Waals surface area contributed by atoms with Crippen molar-refractivity contribution in [1.82, 2.24) is 4.90 Å². The predicted octanol–water partition coefficient (Wildman–Crippen LogP) is 3.15. The van der Waals surface area contributed by atoms with E-state index in [0.29, 0.717) is 0 Å². The van der Waals surface area contributed by atoms with Crippen LogP contribution in [0.3, 0.4) is 0 Å². The maximum Gasteiger partial charge on any atom is 0.401 e. The molecule has 0 aromatic heterocycles. The van der Waals surface area contributed by atoms with Crippen LogP contribution in [0.25, 0.3) is 0 Å². The molecule has 0 aromatic carbocycles. The third-order valence-corrected chi connectivity index (χ3v) is 2.82. The van der Waals surface area contributed by atoms with E-state index in [1.165, 1.54) is 0 Å². The zero-order valence-electron chi connectivity index (χ0n) is 11.0. The van der Waals surface area contributed by atoms with Crippen LogP contribution < -0.4 is 0 Å². The fourth-order valence-electron chi connectivity index (χ4n) is 1.91. The monoisotopic (exact) mass is 269 g/mol. The number of carboxylic acids is 1. The Balaban J connectivity index is 4.40. The topological polar surface area (TPSA) is 40.5 Å². The van der Waals surface area contributed by atoms with Gasteiger partial charge in [-0.3, -0.25) is 9.69 Å². The molecule has 108 valence electrons. The summed E-state index contributed by atoms with van der Waals surface area (Å²) in [7, 11) is 0. The van der Waals surface area contributed by atoms with Gasteiger partial charge in [0.2, 0.25) is 0 Å². The normalized spacial score (nSPS) is 13.9. The first kappa shape index (κ1) is 17.2. The van der Waals surface area contributed by atoms with Gasteiger partial charge in [-0.2, -0.15) is 13.2 Å². The first-order chi connectivity index (χ1) is 8.28. The average molecular weight is 269 g/mol. The van der Waals surface area contributed by atoms with Crippen molar-refractivity contribution >= 4 is 5.97 Å². The lowest BCUT2D eigenvalue weighted by atomic mass is 9.98. The van der Waals surface area contributed by atoms with Gasteiger partial charge in [0, 0.05) is 6.54 Å². The van der Waals surface area contributed by atoms with Gasteiger partial charge in [-0.1, -0.05) is 33.1 Å². The number of aliphatic carboxylic acids is 1. The highest BCUT2D eigenvalue weighted by Gasteiger charge is 2.32. The number of unbranched alkanes of at least 4 members (excludes halogenated alkanes) is 1. The number of nitrogens with zero attached hydrogens (tertiary/aromatic N) is 1. The summed E-state index contributed by atoms with van der Waals surface area (Å²) in [5.74, 6) is -1.09. The van der Waals surface area contributed by atoms with E-state index in [2.05, 4.69) is 0 Å². The van der Waals surface area contributed by atoms with Gasteiger partial charge in [0.15, 0.2) is 0 Å². The van der Waals surface area contributed by atoms with Gasteiger partial charge >= 0.3 is 12.1 Å². The molecule has 3 nitrogen and oxygen atoms in total. The van der Waals surface area contributed by atoms with E-state index in [-0.39, 0.29) is 12.5 Å². The van der Waals surface area contributed by atoms with Crippen molar-refractivity contribution in [3.63, 3.8) is 0 Å². The van der Waals surface area contributed by atoms with Crippen molar-refractivity contribution < 1.29 is 23.1 Å². The third-order valence-electron chi connectivity index (χ3n) is 2.82. The molecule has 0 aliphatic rings. The maximum absolute atomic E-state index is 12.3.